The molecule has 1 aromatic carbocycles. The van der Waals surface area contributed by atoms with E-state index < -0.39 is 5.84 Å². The molecule has 0 heterocycles. The van der Waals surface area contributed by atoms with Crippen LogP contribution < -0.4 is 20.6 Å². The van der Waals surface area contributed by atoms with Gasteiger partial charge in [0, 0.05) is 12.1 Å². The second-order valence-electron chi connectivity index (χ2n) is 3.92. The number of nitrogens with two attached hydrogens (primary N) is 1. The van der Waals surface area contributed by atoms with Crippen LogP contribution in [0.2, 0.25) is 0 Å². The zero-order valence-corrected chi connectivity index (χ0v) is 12.3. The molecule has 8 heteroatoms. The number of benzene rings is 1. The van der Waals surface area contributed by atoms with Crippen molar-refractivity contribution in [1.82, 2.24) is 0 Å². The number of hydrogen-bond donors (Lipinski definition) is 3. The molecule has 4 N–H and O–H groups in total. The van der Waals surface area contributed by atoms with Gasteiger partial charge >= 0.3 is 0 Å². The lowest BCUT2D eigenvalue weighted by molar-refractivity contribution is 0.288. The SMILES string of the molecule is CCOc1cc(C#N)c(N/N=C(\C#N)C(=N)N)cc1OCC. The Morgan fingerprint density at radius 2 is 1.86 bits per heavy atom. The minimum Gasteiger partial charge on any atom is -0.490 e. The van der Waals surface area contributed by atoms with Gasteiger partial charge in [-0.15, -0.1) is 0 Å². The average molecular weight is 300 g/mol. The number of nitriles is 2. The maximum Gasteiger partial charge on any atom is 0.201 e. The summed E-state index contributed by atoms with van der Waals surface area (Å²) in [5.41, 5.74) is 8.06. The highest BCUT2D eigenvalue weighted by atomic mass is 16.5. The summed E-state index contributed by atoms with van der Waals surface area (Å²) >= 11 is 0. The Bertz CT molecular complexity index is 669. The molecule has 0 aliphatic carbocycles. The molecule has 8 nitrogen and oxygen atoms in total. The van der Waals surface area contributed by atoms with Gasteiger partial charge in [0.05, 0.1) is 24.5 Å². The van der Waals surface area contributed by atoms with Crippen molar-refractivity contribution in [3.8, 4) is 23.6 Å². The smallest absolute Gasteiger partial charge is 0.201 e. The summed E-state index contributed by atoms with van der Waals surface area (Å²) in [6, 6.07) is 6.75. The number of hydrogen-bond acceptors (Lipinski definition) is 7. The number of rotatable bonds is 7. The van der Waals surface area contributed by atoms with E-state index in [4.69, 9.17) is 25.9 Å². The minimum atomic E-state index is -0.468. The number of anilines is 1. The van der Waals surface area contributed by atoms with Crippen molar-refractivity contribution in [3.63, 3.8) is 0 Å². The first-order valence-corrected chi connectivity index (χ1v) is 6.49. The van der Waals surface area contributed by atoms with E-state index in [0.717, 1.165) is 0 Å². The number of nitrogens with one attached hydrogen (secondary N) is 2. The van der Waals surface area contributed by atoms with Crippen molar-refractivity contribution in [1.29, 1.82) is 15.9 Å². The molecule has 0 aliphatic heterocycles. The maximum absolute atomic E-state index is 9.20. The van der Waals surface area contributed by atoms with Gasteiger partial charge in [0.2, 0.25) is 5.71 Å². The summed E-state index contributed by atoms with van der Waals surface area (Å²) in [5.74, 6) is 0.425. The average Bonchev–Trinajstić information content (AvgIpc) is 2.50. The van der Waals surface area contributed by atoms with Gasteiger partial charge < -0.3 is 15.2 Å². The third-order valence-electron chi connectivity index (χ3n) is 2.45. The summed E-state index contributed by atoms with van der Waals surface area (Å²) in [5, 5.41) is 28.9. The van der Waals surface area contributed by atoms with E-state index in [0.29, 0.717) is 30.4 Å². The Kier molecular flexibility index (Phi) is 6.20. The fraction of sp³-hybridized carbons (Fsp3) is 0.286. The molecule has 0 aromatic heterocycles. The molecule has 0 amide bonds. The topological polar surface area (TPSA) is 140 Å². The van der Waals surface area contributed by atoms with Gasteiger partial charge in [-0.3, -0.25) is 10.8 Å². The summed E-state index contributed by atoms with van der Waals surface area (Å²) in [7, 11) is 0. The Morgan fingerprint density at radius 3 is 2.32 bits per heavy atom. The molecule has 22 heavy (non-hydrogen) atoms. The second-order valence-corrected chi connectivity index (χ2v) is 3.92. The van der Waals surface area contributed by atoms with E-state index in [1.165, 1.54) is 6.07 Å². The van der Waals surface area contributed by atoms with E-state index in [-0.39, 0.29) is 11.3 Å². The highest BCUT2D eigenvalue weighted by Gasteiger charge is 2.12. The lowest BCUT2D eigenvalue weighted by Crippen LogP contribution is -2.22. The van der Waals surface area contributed by atoms with Crippen LogP contribution in [0.15, 0.2) is 17.2 Å². The van der Waals surface area contributed by atoms with Crippen molar-refractivity contribution < 1.29 is 9.47 Å². The number of ether oxygens (including phenoxy) is 2. The third kappa shape index (κ3) is 4.12. The molecule has 1 aromatic rings. The van der Waals surface area contributed by atoms with Crippen molar-refractivity contribution in [3.05, 3.63) is 17.7 Å². The minimum absolute atomic E-state index is 0.261. The first kappa shape index (κ1) is 16.8. The Balaban J connectivity index is 3.24. The third-order valence-corrected chi connectivity index (χ3v) is 2.45. The van der Waals surface area contributed by atoms with Gasteiger partial charge in [0.1, 0.15) is 12.1 Å². The quantitative estimate of drug-likeness (QED) is 0.396. The van der Waals surface area contributed by atoms with E-state index in [1.807, 2.05) is 19.9 Å². The molecule has 0 saturated carbocycles. The van der Waals surface area contributed by atoms with Crippen molar-refractivity contribution >= 4 is 17.2 Å². The van der Waals surface area contributed by atoms with Crippen LogP contribution in [-0.2, 0) is 0 Å². The van der Waals surface area contributed by atoms with E-state index in [2.05, 4.69) is 10.5 Å². The summed E-state index contributed by atoms with van der Waals surface area (Å²) < 4.78 is 10.9. The molecule has 1 rings (SSSR count). The predicted octanol–water partition coefficient (Wildman–Crippen LogP) is 1.58. The maximum atomic E-state index is 9.20. The highest BCUT2D eigenvalue weighted by molar-refractivity contribution is 6.45. The van der Waals surface area contributed by atoms with Crippen LogP contribution in [-0.4, -0.2) is 24.8 Å². The number of hydrazone groups is 1. The van der Waals surface area contributed by atoms with Crippen LogP contribution >= 0.6 is 0 Å². The molecule has 0 bridgehead atoms. The monoisotopic (exact) mass is 300 g/mol. The van der Waals surface area contributed by atoms with Gasteiger partial charge in [-0.1, -0.05) is 0 Å². The number of amidine groups is 1. The molecule has 0 aliphatic rings. The molecule has 0 spiro atoms. The van der Waals surface area contributed by atoms with Gasteiger partial charge in [0.25, 0.3) is 0 Å². The fourth-order valence-corrected chi connectivity index (χ4v) is 1.54. The molecular formula is C14H16N6O2. The summed E-state index contributed by atoms with van der Waals surface area (Å²) in [4.78, 5) is 0. The zero-order valence-electron chi connectivity index (χ0n) is 12.3. The largest absolute Gasteiger partial charge is 0.490 e. The molecule has 0 atom stereocenters. The van der Waals surface area contributed by atoms with Crippen molar-refractivity contribution in [2.75, 3.05) is 18.6 Å². The normalized spacial score (nSPS) is 10.3. The molecule has 0 radical (unpaired) electrons. The van der Waals surface area contributed by atoms with Crippen molar-refractivity contribution in [2.24, 2.45) is 10.8 Å². The van der Waals surface area contributed by atoms with Crippen LogP contribution in [0.4, 0.5) is 5.69 Å². The van der Waals surface area contributed by atoms with Crippen LogP contribution in [0.25, 0.3) is 0 Å². The highest BCUT2D eigenvalue weighted by Crippen LogP contribution is 2.33. The molecule has 114 valence electrons. The van der Waals surface area contributed by atoms with Crippen LogP contribution in [0.1, 0.15) is 19.4 Å². The van der Waals surface area contributed by atoms with Gasteiger partial charge in [-0.05, 0) is 13.8 Å². The number of nitrogens with zero attached hydrogens (tertiary/aromatic N) is 3. The van der Waals surface area contributed by atoms with Crippen LogP contribution in [0, 0.1) is 28.1 Å². The van der Waals surface area contributed by atoms with Crippen molar-refractivity contribution in [2.45, 2.75) is 13.8 Å². The Labute approximate surface area is 128 Å². The summed E-state index contributed by atoms with van der Waals surface area (Å²) in [6.45, 7) is 4.50. The van der Waals surface area contributed by atoms with E-state index in [1.54, 1.807) is 12.1 Å². The lowest BCUT2D eigenvalue weighted by atomic mass is 10.1. The first-order valence-electron chi connectivity index (χ1n) is 6.49. The lowest BCUT2D eigenvalue weighted by Gasteiger charge is -2.13. The molecular weight excluding hydrogens is 284 g/mol. The van der Waals surface area contributed by atoms with Gasteiger partial charge in [0.15, 0.2) is 17.3 Å². The van der Waals surface area contributed by atoms with Crippen LogP contribution in [0.3, 0.4) is 0 Å². The van der Waals surface area contributed by atoms with Gasteiger partial charge in [-0.25, -0.2) is 0 Å². The standard InChI is InChI=1S/C14H16N6O2/c1-3-21-12-5-9(7-15)10(6-13(12)22-4-2)19-20-11(8-16)14(17)18/h5-6,19H,3-4H2,1-2H3,(H3,17,18)/b20-11+. The van der Waals surface area contributed by atoms with E-state index >= 15 is 0 Å². The predicted molar refractivity (Wildman–Crippen MR) is 82.1 cm³/mol. The molecule has 0 fully saturated rings. The Morgan fingerprint density at radius 1 is 1.27 bits per heavy atom. The molecule has 0 saturated heterocycles. The van der Waals surface area contributed by atoms with Crippen LogP contribution in [0.5, 0.6) is 11.5 Å². The Hall–Kier alpha value is -3.26. The first-order chi connectivity index (χ1) is 10.6. The fourth-order valence-electron chi connectivity index (χ4n) is 1.54. The van der Waals surface area contributed by atoms with E-state index in [9.17, 15) is 5.26 Å². The van der Waals surface area contributed by atoms with Gasteiger partial charge in [-0.2, -0.15) is 15.6 Å². The molecule has 0 unspecified atom stereocenters. The second kappa shape index (κ2) is 8.12. The zero-order chi connectivity index (χ0) is 16.5. The summed E-state index contributed by atoms with van der Waals surface area (Å²) in [6.07, 6.45) is 0.